The maximum atomic E-state index is 11.8. The van der Waals surface area contributed by atoms with Crippen molar-refractivity contribution in [2.75, 3.05) is 26.7 Å². The first-order valence-electron chi connectivity index (χ1n) is 5.63. The molecule has 0 aliphatic carbocycles. The molecule has 0 aromatic carbocycles. The van der Waals surface area contributed by atoms with Gasteiger partial charge in [-0.1, -0.05) is 6.92 Å². The summed E-state index contributed by atoms with van der Waals surface area (Å²) >= 11 is 0. The van der Waals surface area contributed by atoms with Crippen LogP contribution in [0, 0.1) is 0 Å². The zero-order valence-electron chi connectivity index (χ0n) is 9.62. The van der Waals surface area contributed by atoms with Gasteiger partial charge in [-0.05, 0) is 39.3 Å². The molecule has 3 heteroatoms. The normalized spacial score (nSPS) is 19.6. The van der Waals surface area contributed by atoms with Gasteiger partial charge in [-0.25, -0.2) is 0 Å². The van der Waals surface area contributed by atoms with Gasteiger partial charge >= 0.3 is 0 Å². The van der Waals surface area contributed by atoms with Crippen LogP contribution in [0.5, 0.6) is 0 Å². The molecule has 1 heterocycles. The highest BCUT2D eigenvalue weighted by atomic mass is 16.2. The minimum Gasteiger partial charge on any atom is -0.342 e. The lowest BCUT2D eigenvalue weighted by atomic mass is 10.2. The van der Waals surface area contributed by atoms with E-state index >= 15 is 0 Å². The van der Waals surface area contributed by atoms with Crippen molar-refractivity contribution in [1.82, 2.24) is 9.80 Å². The zero-order valence-corrected chi connectivity index (χ0v) is 9.62. The molecule has 1 aliphatic heterocycles. The van der Waals surface area contributed by atoms with E-state index < -0.39 is 0 Å². The summed E-state index contributed by atoms with van der Waals surface area (Å²) in [6.45, 7) is 7.02. The fraction of sp³-hybridized carbons (Fsp3) is 0.909. The quantitative estimate of drug-likeness (QED) is 0.680. The zero-order chi connectivity index (χ0) is 10.6. The maximum absolute atomic E-state index is 11.8. The number of amides is 1. The predicted molar refractivity (Wildman–Crippen MR) is 58.2 cm³/mol. The van der Waals surface area contributed by atoms with Crippen LogP contribution in [0.1, 0.15) is 33.1 Å². The molecule has 0 N–H and O–H groups in total. The molecule has 1 saturated heterocycles. The number of hydrogen-bond acceptors (Lipinski definition) is 2. The number of rotatable bonds is 4. The van der Waals surface area contributed by atoms with Crippen LogP contribution in [0.3, 0.4) is 0 Å². The van der Waals surface area contributed by atoms with Crippen molar-refractivity contribution in [1.29, 1.82) is 0 Å². The molecular formula is C11H22N2O. The Morgan fingerprint density at radius 2 is 2.00 bits per heavy atom. The lowest BCUT2D eigenvalue weighted by Gasteiger charge is -2.26. The molecule has 0 bridgehead atoms. The minimum absolute atomic E-state index is 0.265. The number of carbonyl (C=O) groups is 1. The van der Waals surface area contributed by atoms with Crippen LogP contribution in [0.15, 0.2) is 0 Å². The smallest absolute Gasteiger partial charge is 0.236 e. The van der Waals surface area contributed by atoms with Crippen LogP contribution in [0.25, 0.3) is 0 Å². The molecule has 0 aromatic heterocycles. The monoisotopic (exact) mass is 198 g/mol. The Bertz CT molecular complexity index is 188. The Balaban J connectivity index is 2.32. The highest BCUT2D eigenvalue weighted by molar-refractivity contribution is 5.78. The van der Waals surface area contributed by atoms with Gasteiger partial charge in [-0.3, -0.25) is 9.69 Å². The van der Waals surface area contributed by atoms with Gasteiger partial charge in [0.15, 0.2) is 0 Å². The second kappa shape index (κ2) is 5.35. The standard InChI is InChI=1S/C11H22N2O/c1-4-10(2)12(3)11(14)9-13-7-5-6-8-13/h10H,4-9H2,1-3H3. The van der Waals surface area contributed by atoms with Crippen LogP contribution < -0.4 is 0 Å². The fourth-order valence-electron chi connectivity index (χ4n) is 1.76. The van der Waals surface area contributed by atoms with Gasteiger partial charge in [0.2, 0.25) is 5.91 Å². The highest BCUT2D eigenvalue weighted by Gasteiger charge is 2.19. The Morgan fingerprint density at radius 1 is 1.43 bits per heavy atom. The number of likely N-dealkylation sites (N-methyl/N-ethyl adjacent to an activating group) is 1. The van der Waals surface area contributed by atoms with E-state index in [4.69, 9.17) is 0 Å². The van der Waals surface area contributed by atoms with Crippen molar-refractivity contribution in [3.8, 4) is 0 Å². The van der Waals surface area contributed by atoms with E-state index in [-0.39, 0.29) is 5.91 Å². The van der Waals surface area contributed by atoms with E-state index in [1.165, 1.54) is 12.8 Å². The first-order chi connectivity index (χ1) is 6.65. The summed E-state index contributed by atoms with van der Waals surface area (Å²) in [7, 11) is 1.91. The third-order valence-electron chi connectivity index (χ3n) is 3.20. The average molecular weight is 198 g/mol. The number of nitrogens with zero attached hydrogens (tertiary/aromatic N) is 2. The largest absolute Gasteiger partial charge is 0.342 e. The molecule has 1 rings (SSSR count). The van der Waals surface area contributed by atoms with Crippen molar-refractivity contribution >= 4 is 5.91 Å². The van der Waals surface area contributed by atoms with E-state index in [9.17, 15) is 4.79 Å². The van der Waals surface area contributed by atoms with Gasteiger partial charge in [-0.15, -0.1) is 0 Å². The Hall–Kier alpha value is -0.570. The van der Waals surface area contributed by atoms with Crippen LogP contribution >= 0.6 is 0 Å². The number of likely N-dealkylation sites (tertiary alicyclic amines) is 1. The van der Waals surface area contributed by atoms with Gasteiger partial charge in [0.1, 0.15) is 0 Å². The second-order valence-electron chi connectivity index (χ2n) is 4.25. The minimum atomic E-state index is 0.265. The van der Waals surface area contributed by atoms with Crippen LogP contribution in [-0.2, 0) is 4.79 Å². The molecule has 1 amide bonds. The van der Waals surface area contributed by atoms with Crippen molar-refractivity contribution in [3.63, 3.8) is 0 Å². The molecule has 82 valence electrons. The molecule has 0 spiro atoms. The molecule has 14 heavy (non-hydrogen) atoms. The van der Waals surface area contributed by atoms with Gasteiger partial charge in [0.05, 0.1) is 6.54 Å². The van der Waals surface area contributed by atoms with E-state index in [2.05, 4.69) is 18.7 Å². The van der Waals surface area contributed by atoms with E-state index in [1.54, 1.807) is 0 Å². The Labute approximate surface area is 87.1 Å². The van der Waals surface area contributed by atoms with Crippen molar-refractivity contribution < 1.29 is 4.79 Å². The number of hydrogen-bond donors (Lipinski definition) is 0. The third-order valence-corrected chi connectivity index (χ3v) is 3.20. The molecule has 0 aromatic rings. The van der Waals surface area contributed by atoms with Crippen LogP contribution in [0.4, 0.5) is 0 Å². The summed E-state index contributed by atoms with van der Waals surface area (Å²) in [6, 6.07) is 0.366. The maximum Gasteiger partial charge on any atom is 0.236 e. The number of carbonyl (C=O) groups excluding carboxylic acids is 1. The highest BCUT2D eigenvalue weighted by Crippen LogP contribution is 2.08. The molecule has 1 atom stereocenters. The molecule has 0 radical (unpaired) electrons. The lowest BCUT2D eigenvalue weighted by molar-refractivity contribution is -0.132. The summed E-state index contributed by atoms with van der Waals surface area (Å²) in [5, 5.41) is 0. The van der Waals surface area contributed by atoms with Gasteiger partial charge in [0, 0.05) is 13.1 Å². The van der Waals surface area contributed by atoms with Crippen molar-refractivity contribution in [3.05, 3.63) is 0 Å². The predicted octanol–water partition coefficient (Wildman–Crippen LogP) is 1.34. The van der Waals surface area contributed by atoms with Gasteiger partial charge in [0.25, 0.3) is 0 Å². The summed E-state index contributed by atoms with van der Waals surface area (Å²) < 4.78 is 0. The molecule has 1 fully saturated rings. The first-order valence-corrected chi connectivity index (χ1v) is 5.63. The van der Waals surface area contributed by atoms with Gasteiger partial charge in [-0.2, -0.15) is 0 Å². The molecule has 3 nitrogen and oxygen atoms in total. The molecular weight excluding hydrogens is 176 g/mol. The first kappa shape index (κ1) is 11.5. The Kier molecular flexibility index (Phi) is 4.39. The van der Waals surface area contributed by atoms with Crippen LogP contribution in [-0.4, -0.2) is 48.4 Å². The third kappa shape index (κ3) is 2.98. The Morgan fingerprint density at radius 3 is 2.50 bits per heavy atom. The van der Waals surface area contributed by atoms with Crippen molar-refractivity contribution in [2.45, 2.75) is 39.2 Å². The van der Waals surface area contributed by atoms with E-state index in [1.807, 2.05) is 11.9 Å². The molecule has 1 unspecified atom stereocenters. The summed E-state index contributed by atoms with van der Waals surface area (Å²) in [5.74, 6) is 0.265. The SMILES string of the molecule is CCC(C)N(C)C(=O)CN1CCCC1. The van der Waals surface area contributed by atoms with Gasteiger partial charge < -0.3 is 4.90 Å². The second-order valence-corrected chi connectivity index (χ2v) is 4.25. The van der Waals surface area contributed by atoms with E-state index in [0.29, 0.717) is 12.6 Å². The molecule has 1 aliphatic rings. The summed E-state index contributed by atoms with van der Waals surface area (Å²) in [6.07, 6.45) is 3.53. The fourth-order valence-corrected chi connectivity index (χ4v) is 1.76. The molecule has 0 saturated carbocycles. The van der Waals surface area contributed by atoms with Crippen LogP contribution in [0.2, 0.25) is 0 Å². The van der Waals surface area contributed by atoms with Crippen molar-refractivity contribution in [2.24, 2.45) is 0 Å². The van der Waals surface area contributed by atoms with E-state index in [0.717, 1.165) is 19.5 Å². The lowest BCUT2D eigenvalue weighted by Crippen LogP contribution is -2.41. The summed E-state index contributed by atoms with van der Waals surface area (Å²) in [5.41, 5.74) is 0. The topological polar surface area (TPSA) is 23.6 Å². The average Bonchev–Trinajstić information content (AvgIpc) is 2.68. The summed E-state index contributed by atoms with van der Waals surface area (Å²) in [4.78, 5) is 15.9.